The van der Waals surface area contributed by atoms with Crippen molar-refractivity contribution in [3.8, 4) is 5.75 Å². The van der Waals surface area contributed by atoms with E-state index in [2.05, 4.69) is 5.32 Å². The number of carbonyl (C=O) groups is 3. The Morgan fingerprint density at radius 2 is 1.77 bits per heavy atom. The largest absolute Gasteiger partial charge is 0.508 e. The van der Waals surface area contributed by atoms with E-state index in [4.69, 9.17) is 0 Å². The zero-order chi connectivity index (χ0) is 28.9. The van der Waals surface area contributed by atoms with Crippen LogP contribution in [0.4, 0.5) is 8.78 Å². The zero-order valence-electron chi connectivity index (χ0n) is 22.7. The quantitative estimate of drug-likeness (QED) is 0.444. The Morgan fingerprint density at radius 3 is 2.38 bits per heavy atom. The lowest BCUT2D eigenvalue weighted by Crippen LogP contribution is -2.79. The van der Waals surface area contributed by atoms with Crippen LogP contribution in [0, 0.1) is 19.8 Å². The number of β-lactam (4-membered cyclic amide) rings is 1. The van der Waals surface area contributed by atoms with Crippen molar-refractivity contribution in [1.29, 1.82) is 0 Å². The third kappa shape index (κ3) is 4.75. The molecule has 0 aliphatic carbocycles. The molecule has 2 unspecified atom stereocenters. The summed E-state index contributed by atoms with van der Waals surface area (Å²) >= 11 is 0. The lowest BCUT2D eigenvalue weighted by molar-refractivity contribution is -0.192. The molecule has 2 heterocycles. The smallest absolute Gasteiger partial charge is 0.290 e. The molecule has 210 valence electrons. The number of phenolic OH excluding ortho intramolecular Hbond substituents is 1. The first kappa shape index (κ1) is 28.5. The van der Waals surface area contributed by atoms with Crippen molar-refractivity contribution in [2.24, 2.45) is 5.92 Å². The Labute approximate surface area is 226 Å². The van der Waals surface area contributed by atoms with Gasteiger partial charge in [-0.05, 0) is 50.3 Å². The minimum atomic E-state index is -3.39. The zero-order valence-corrected chi connectivity index (χ0v) is 22.7. The number of aryl methyl sites for hydroxylation is 1. The second-order valence-corrected chi connectivity index (χ2v) is 11.2. The summed E-state index contributed by atoms with van der Waals surface area (Å²) in [6.07, 6.45) is -1.88. The first-order valence-corrected chi connectivity index (χ1v) is 13.0. The van der Waals surface area contributed by atoms with Gasteiger partial charge >= 0.3 is 0 Å². The molecule has 39 heavy (non-hydrogen) atoms. The van der Waals surface area contributed by atoms with E-state index in [9.17, 15) is 24.6 Å². The lowest BCUT2D eigenvalue weighted by Gasteiger charge is -2.55. The Hall–Kier alpha value is -3.53. The molecule has 8 nitrogen and oxygen atoms in total. The van der Waals surface area contributed by atoms with Gasteiger partial charge in [0.15, 0.2) is 6.10 Å². The SMILES string of the molecule is Cc1ccc(O)c(C)c1C(=O)N[C@@H](Cc1ccccc1)[C@H](O)C(=O)N1CC(F)(F)C2(C)C1C(=O)N2CC(C)C. The van der Waals surface area contributed by atoms with Crippen LogP contribution in [0.1, 0.15) is 47.8 Å². The van der Waals surface area contributed by atoms with E-state index in [1.165, 1.54) is 13.0 Å². The van der Waals surface area contributed by atoms with E-state index in [0.717, 1.165) is 9.80 Å². The van der Waals surface area contributed by atoms with E-state index < -0.39 is 53.9 Å². The average molecular weight is 544 g/mol. The minimum Gasteiger partial charge on any atom is -0.508 e. The third-order valence-corrected chi connectivity index (χ3v) is 7.97. The number of likely N-dealkylation sites (tertiary alicyclic amines) is 2. The van der Waals surface area contributed by atoms with Crippen LogP contribution in [-0.4, -0.2) is 80.5 Å². The number of amides is 3. The highest BCUT2D eigenvalue weighted by Gasteiger charge is 2.77. The van der Waals surface area contributed by atoms with Gasteiger partial charge in [0.2, 0.25) is 5.91 Å². The monoisotopic (exact) mass is 543 g/mol. The van der Waals surface area contributed by atoms with Crippen molar-refractivity contribution in [2.45, 2.75) is 70.7 Å². The molecular weight excluding hydrogens is 508 g/mol. The molecule has 0 bridgehead atoms. The predicted molar refractivity (Wildman–Crippen MR) is 140 cm³/mol. The molecule has 0 radical (unpaired) electrons. The van der Waals surface area contributed by atoms with Gasteiger partial charge in [0.25, 0.3) is 17.7 Å². The number of aliphatic hydroxyl groups is 1. The maximum absolute atomic E-state index is 15.3. The molecule has 3 N–H and O–H groups in total. The van der Waals surface area contributed by atoms with Crippen LogP contribution in [0.2, 0.25) is 0 Å². The number of aliphatic hydroxyl groups excluding tert-OH is 1. The first-order valence-electron chi connectivity index (χ1n) is 13.0. The van der Waals surface area contributed by atoms with Crippen LogP contribution in [0.15, 0.2) is 42.5 Å². The van der Waals surface area contributed by atoms with E-state index in [1.54, 1.807) is 50.2 Å². The first-order chi connectivity index (χ1) is 18.2. The van der Waals surface area contributed by atoms with E-state index in [-0.39, 0.29) is 30.2 Å². The Morgan fingerprint density at radius 1 is 1.13 bits per heavy atom. The highest BCUT2D eigenvalue weighted by molar-refractivity contribution is 6.00. The number of aromatic hydroxyl groups is 1. The number of phenols is 1. The number of hydrogen-bond acceptors (Lipinski definition) is 5. The summed E-state index contributed by atoms with van der Waals surface area (Å²) in [4.78, 5) is 41.7. The molecule has 4 atom stereocenters. The van der Waals surface area contributed by atoms with E-state index in [0.29, 0.717) is 16.7 Å². The lowest BCUT2D eigenvalue weighted by atomic mass is 9.77. The van der Waals surface area contributed by atoms with Crippen LogP contribution < -0.4 is 5.32 Å². The van der Waals surface area contributed by atoms with Gasteiger partial charge in [-0.25, -0.2) is 8.78 Å². The molecule has 0 saturated carbocycles. The van der Waals surface area contributed by atoms with E-state index >= 15 is 8.78 Å². The number of halogens is 2. The van der Waals surface area contributed by atoms with Crippen LogP contribution in [0.25, 0.3) is 0 Å². The molecular formula is C29H35F2N3O5. The fourth-order valence-corrected chi connectivity index (χ4v) is 5.73. The molecule has 2 saturated heterocycles. The maximum Gasteiger partial charge on any atom is 0.290 e. The van der Waals surface area contributed by atoms with Crippen LogP contribution in [-0.2, 0) is 16.0 Å². The third-order valence-electron chi connectivity index (χ3n) is 7.97. The highest BCUT2D eigenvalue weighted by atomic mass is 19.3. The van der Waals surface area contributed by atoms with Gasteiger partial charge in [0, 0.05) is 17.7 Å². The van der Waals surface area contributed by atoms with Gasteiger partial charge in [-0.15, -0.1) is 0 Å². The molecule has 0 spiro atoms. The number of rotatable bonds is 8. The summed E-state index contributed by atoms with van der Waals surface area (Å²) in [5.74, 6) is -5.79. The summed E-state index contributed by atoms with van der Waals surface area (Å²) in [6, 6.07) is 9.24. The van der Waals surface area contributed by atoms with Gasteiger partial charge in [-0.1, -0.05) is 50.2 Å². The molecule has 2 aromatic rings. The number of benzene rings is 2. The van der Waals surface area contributed by atoms with Crippen LogP contribution in [0.5, 0.6) is 5.75 Å². The maximum atomic E-state index is 15.3. The molecule has 2 aliphatic heterocycles. The van der Waals surface area contributed by atoms with Gasteiger partial charge in [0.1, 0.15) is 17.3 Å². The second kappa shape index (κ2) is 10.2. The second-order valence-electron chi connectivity index (χ2n) is 11.2. The summed E-state index contributed by atoms with van der Waals surface area (Å²) < 4.78 is 30.6. The van der Waals surface area contributed by atoms with Gasteiger partial charge < -0.3 is 25.3 Å². The Bertz CT molecular complexity index is 1290. The van der Waals surface area contributed by atoms with Crippen molar-refractivity contribution in [2.75, 3.05) is 13.1 Å². The summed E-state index contributed by atoms with van der Waals surface area (Å²) in [6.45, 7) is 7.28. The standard InChI is InChI=1S/C29H35F2N3O5/c1-16(2)14-34-27(39)24-28(34,5)29(30,31)15-33(24)26(38)23(36)20(13-19-9-7-6-8-10-19)32-25(37)22-17(3)11-12-21(35)18(22)4/h6-12,16,20,23-24,35-36H,13-15H2,1-5H3,(H,32,37)/t20-,23-,24?,28?/m0/s1. The molecule has 0 aromatic heterocycles. The van der Waals surface area contributed by atoms with Crippen molar-refractivity contribution in [3.63, 3.8) is 0 Å². The van der Waals surface area contributed by atoms with Crippen molar-refractivity contribution >= 4 is 17.7 Å². The normalized spacial score (nSPS) is 23.3. The molecule has 4 rings (SSSR count). The van der Waals surface area contributed by atoms with E-state index in [1.807, 2.05) is 13.8 Å². The molecule has 2 fully saturated rings. The fraction of sp³-hybridized carbons (Fsp3) is 0.483. The van der Waals surface area contributed by atoms with Crippen molar-refractivity contribution < 1.29 is 33.4 Å². The topological polar surface area (TPSA) is 110 Å². The van der Waals surface area contributed by atoms with Crippen molar-refractivity contribution in [1.82, 2.24) is 15.1 Å². The molecule has 10 heteroatoms. The minimum absolute atomic E-state index is 0.0238. The number of hydrogen-bond donors (Lipinski definition) is 3. The Kier molecular flexibility index (Phi) is 7.46. The number of fused-ring (bicyclic) bond motifs is 1. The Balaban J connectivity index is 1.63. The number of nitrogens with one attached hydrogen (secondary N) is 1. The van der Waals surface area contributed by atoms with Crippen molar-refractivity contribution in [3.05, 3.63) is 64.7 Å². The van der Waals surface area contributed by atoms with Gasteiger partial charge in [0.05, 0.1) is 12.6 Å². The average Bonchev–Trinajstić information content (AvgIpc) is 3.07. The predicted octanol–water partition coefficient (Wildman–Crippen LogP) is 2.81. The van der Waals surface area contributed by atoms with Crippen LogP contribution >= 0.6 is 0 Å². The molecule has 2 aromatic carbocycles. The number of alkyl halides is 2. The summed E-state index contributed by atoms with van der Waals surface area (Å²) in [5.41, 5.74) is -0.100. The highest BCUT2D eigenvalue weighted by Crippen LogP contribution is 2.52. The summed E-state index contributed by atoms with van der Waals surface area (Å²) in [7, 11) is 0. The van der Waals surface area contributed by atoms with Crippen LogP contribution in [0.3, 0.4) is 0 Å². The van der Waals surface area contributed by atoms with Gasteiger partial charge in [-0.3, -0.25) is 14.4 Å². The number of carbonyl (C=O) groups excluding carboxylic acids is 3. The molecule has 3 amide bonds. The van der Waals surface area contributed by atoms with Gasteiger partial charge in [-0.2, -0.15) is 0 Å². The summed E-state index contributed by atoms with van der Waals surface area (Å²) in [5, 5.41) is 24.0. The number of nitrogens with zero attached hydrogens (tertiary/aromatic N) is 2. The molecule has 2 aliphatic rings. The fourth-order valence-electron chi connectivity index (χ4n) is 5.73.